The highest BCUT2D eigenvalue weighted by Gasteiger charge is 2.13. The topological polar surface area (TPSA) is 73.8 Å². The number of fused-ring (bicyclic) bond motifs is 2. The molecule has 26 heavy (non-hydrogen) atoms. The minimum absolute atomic E-state index is 0.719. The first-order valence-corrected chi connectivity index (χ1v) is 9.60. The Hall–Kier alpha value is -2.78. The summed E-state index contributed by atoms with van der Waals surface area (Å²) in [5.74, 6) is 0. The van der Waals surface area contributed by atoms with Gasteiger partial charge in [0.1, 0.15) is 0 Å². The van der Waals surface area contributed by atoms with Gasteiger partial charge in [0.15, 0.2) is 5.65 Å². The van der Waals surface area contributed by atoms with Crippen LogP contribution >= 0.6 is 23.1 Å². The fraction of sp³-hybridized carbons (Fsp3) is 0.118. The first kappa shape index (κ1) is 15.5. The van der Waals surface area contributed by atoms with Crippen LogP contribution in [0.3, 0.4) is 0 Å². The summed E-state index contributed by atoms with van der Waals surface area (Å²) in [7, 11) is 1.89. The molecule has 0 aliphatic heterocycles. The van der Waals surface area contributed by atoms with Crippen LogP contribution in [0, 0.1) is 6.92 Å². The van der Waals surface area contributed by atoms with Crippen LogP contribution in [0.25, 0.3) is 27.1 Å². The quantitative estimate of drug-likeness (QED) is 0.477. The van der Waals surface area contributed by atoms with E-state index in [2.05, 4.69) is 39.3 Å². The molecule has 0 radical (unpaired) electrons. The summed E-state index contributed by atoms with van der Waals surface area (Å²) >= 11 is 3.20. The Morgan fingerprint density at radius 3 is 2.92 bits per heavy atom. The van der Waals surface area contributed by atoms with Gasteiger partial charge < -0.3 is 0 Å². The first-order chi connectivity index (χ1) is 12.7. The van der Waals surface area contributed by atoms with Crippen LogP contribution in [-0.2, 0) is 7.05 Å². The second-order valence-corrected chi connectivity index (χ2v) is 7.81. The van der Waals surface area contributed by atoms with Gasteiger partial charge in [-0.2, -0.15) is 14.7 Å². The van der Waals surface area contributed by atoms with Crippen molar-refractivity contribution in [1.82, 2.24) is 34.6 Å². The average Bonchev–Trinajstić information content (AvgIpc) is 3.35. The average molecular weight is 379 g/mol. The molecule has 0 spiro atoms. The van der Waals surface area contributed by atoms with Crippen LogP contribution in [0.2, 0.25) is 0 Å². The van der Waals surface area contributed by atoms with Crippen LogP contribution in [0.4, 0.5) is 0 Å². The summed E-state index contributed by atoms with van der Waals surface area (Å²) in [6.45, 7) is 2.08. The Labute approximate surface area is 156 Å². The molecule has 0 aliphatic rings. The van der Waals surface area contributed by atoms with Crippen LogP contribution in [0.1, 0.15) is 5.56 Å². The highest BCUT2D eigenvalue weighted by atomic mass is 32.2. The Morgan fingerprint density at radius 1 is 1.15 bits per heavy atom. The van der Waals surface area contributed by atoms with Gasteiger partial charge in [-0.1, -0.05) is 0 Å². The Bertz CT molecular complexity index is 1250. The van der Waals surface area contributed by atoms with Gasteiger partial charge in [-0.05, 0) is 48.5 Å². The molecule has 4 aromatic heterocycles. The third-order valence-corrected chi connectivity index (χ3v) is 5.95. The van der Waals surface area contributed by atoms with E-state index in [4.69, 9.17) is 5.10 Å². The number of aryl methyl sites for hydroxylation is 2. The fourth-order valence-corrected chi connectivity index (χ4v) is 4.41. The predicted molar refractivity (Wildman–Crippen MR) is 101 cm³/mol. The zero-order valence-corrected chi connectivity index (χ0v) is 15.6. The highest BCUT2D eigenvalue weighted by Crippen LogP contribution is 2.33. The van der Waals surface area contributed by atoms with Gasteiger partial charge in [-0.3, -0.25) is 4.68 Å². The van der Waals surface area contributed by atoms with Crippen LogP contribution in [-0.4, -0.2) is 34.6 Å². The van der Waals surface area contributed by atoms with Crippen molar-refractivity contribution in [2.24, 2.45) is 7.05 Å². The third kappa shape index (κ3) is 2.56. The summed E-state index contributed by atoms with van der Waals surface area (Å²) in [5.41, 5.74) is 6.57. The van der Waals surface area contributed by atoms with Gasteiger partial charge in [0.25, 0.3) is 0 Å². The standard InChI is InChI=1S/C17H13N7S2/c1-10-5-13-15(25-9-18-13)6-14(10)26-17-21-20-16-4-3-12(22-24(16)17)11-7-19-23(2)8-11/h3-9H,1-2H3. The molecule has 0 saturated heterocycles. The Balaban J connectivity index is 1.58. The smallest absolute Gasteiger partial charge is 0.217 e. The van der Waals surface area contributed by atoms with Crippen molar-refractivity contribution in [1.29, 1.82) is 0 Å². The Morgan fingerprint density at radius 2 is 2.08 bits per heavy atom. The normalized spacial score (nSPS) is 11.6. The monoisotopic (exact) mass is 379 g/mol. The van der Waals surface area contributed by atoms with E-state index in [1.54, 1.807) is 38.5 Å². The van der Waals surface area contributed by atoms with Crippen LogP contribution in [0.5, 0.6) is 0 Å². The number of thiazole rings is 1. The lowest BCUT2D eigenvalue weighted by atomic mass is 10.2. The zero-order valence-electron chi connectivity index (χ0n) is 14.0. The molecule has 9 heteroatoms. The van der Waals surface area contributed by atoms with E-state index in [9.17, 15) is 0 Å². The molecule has 128 valence electrons. The summed E-state index contributed by atoms with van der Waals surface area (Å²) < 4.78 is 4.70. The minimum atomic E-state index is 0.719. The van der Waals surface area contributed by atoms with Crippen molar-refractivity contribution in [2.75, 3.05) is 0 Å². The molecule has 5 rings (SSSR count). The van der Waals surface area contributed by atoms with E-state index >= 15 is 0 Å². The molecule has 4 heterocycles. The fourth-order valence-electron chi connectivity index (χ4n) is 2.74. The molecular weight excluding hydrogens is 366 g/mol. The van der Waals surface area contributed by atoms with Crippen molar-refractivity contribution in [3.05, 3.63) is 47.7 Å². The maximum absolute atomic E-state index is 4.70. The largest absolute Gasteiger partial charge is 0.275 e. The number of benzene rings is 1. The molecule has 0 fully saturated rings. The van der Waals surface area contributed by atoms with E-state index < -0.39 is 0 Å². The number of hydrogen-bond acceptors (Lipinski definition) is 7. The molecule has 1 aromatic carbocycles. The number of aromatic nitrogens is 7. The van der Waals surface area contributed by atoms with Gasteiger partial charge in [0.2, 0.25) is 5.16 Å². The lowest BCUT2D eigenvalue weighted by Gasteiger charge is -2.04. The maximum Gasteiger partial charge on any atom is 0.217 e. The zero-order chi connectivity index (χ0) is 17.7. The SMILES string of the molecule is Cc1cc2ncsc2cc1Sc1nnc2ccc(-c3cnn(C)c3)nn12. The van der Waals surface area contributed by atoms with Crippen LogP contribution < -0.4 is 0 Å². The summed E-state index contributed by atoms with van der Waals surface area (Å²) in [4.78, 5) is 5.50. The molecule has 0 atom stereocenters. The van der Waals surface area contributed by atoms with Gasteiger partial charge >= 0.3 is 0 Å². The molecule has 7 nitrogen and oxygen atoms in total. The van der Waals surface area contributed by atoms with E-state index in [0.29, 0.717) is 0 Å². The molecular formula is C17H13N7S2. The van der Waals surface area contributed by atoms with Crippen molar-refractivity contribution in [3.63, 3.8) is 0 Å². The van der Waals surface area contributed by atoms with Gasteiger partial charge in [0.05, 0.1) is 27.6 Å². The van der Waals surface area contributed by atoms with E-state index in [0.717, 1.165) is 42.7 Å². The summed E-state index contributed by atoms with van der Waals surface area (Å²) in [5, 5.41) is 18.2. The molecule has 5 aromatic rings. The maximum atomic E-state index is 4.70. The molecule has 0 unspecified atom stereocenters. The van der Waals surface area contributed by atoms with E-state index in [1.807, 2.05) is 30.9 Å². The molecule has 0 amide bonds. The van der Waals surface area contributed by atoms with Crippen LogP contribution in [0.15, 0.2) is 52.2 Å². The first-order valence-electron chi connectivity index (χ1n) is 7.90. The summed E-state index contributed by atoms with van der Waals surface area (Å²) in [6, 6.07) is 8.11. The number of rotatable bonds is 3. The lowest BCUT2D eigenvalue weighted by Crippen LogP contribution is -1.96. The second-order valence-electron chi connectivity index (χ2n) is 5.91. The van der Waals surface area contributed by atoms with Crippen molar-refractivity contribution < 1.29 is 0 Å². The molecule has 0 N–H and O–H groups in total. The van der Waals surface area contributed by atoms with E-state index in [-0.39, 0.29) is 0 Å². The predicted octanol–water partition coefficient (Wildman–Crippen LogP) is 3.59. The van der Waals surface area contributed by atoms with E-state index in [1.165, 1.54) is 0 Å². The second kappa shape index (κ2) is 5.89. The lowest BCUT2D eigenvalue weighted by molar-refractivity contribution is 0.767. The van der Waals surface area contributed by atoms with Gasteiger partial charge in [-0.15, -0.1) is 21.5 Å². The third-order valence-electron chi connectivity index (χ3n) is 4.06. The Kier molecular flexibility index (Phi) is 3.50. The molecule has 0 saturated carbocycles. The highest BCUT2D eigenvalue weighted by molar-refractivity contribution is 7.99. The number of hydrogen-bond donors (Lipinski definition) is 0. The molecule has 0 aliphatic carbocycles. The van der Waals surface area contributed by atoms with Crippen molar-refractivity contribution >= 4 is 39.0 Å². The van der Waals surface area contributed by atoms with Gasteiger partial charge in [0, 0.05) is 23.7 Å². The minimum Gasteiger partial charge on any atom is -0.275 e. The van der Waals surface area contributed by atoms with Crippen molar-refractivity contribution in [3.8, 4) is 11.3 Å². The number of nitrogens with zero attached hydrogens (tertiary/aromatic N) is 7. The van der Waals surface area contributed by atoms with Crippen molar-refractivity contribution in [2.45, 2.75) is 17.0 Å². The summed E-state index contributed by atoms with van der Waals surface area (Å²) in [6.07, 6.45) is 3.74. The van der Waals surface area contributed by atoms with Gasteiger partial charge in [-0.25, -0.2) is 4.98 Å². The molecule has 0 bridgehead atoms.